The Morgan fingerprint density at radius 3 is 2.40 bits per heavy atom. The van der Waals surface area contributed by atoms with E-state index in [0.717, 1.165) is 31.5 Å². The summed E-state index contributed by atoms with van der Waals surface area (Å²) < 4.78 is 46.6. The molecule has 20 heavy (non-hydrogen) atoms. The second kappa shape index (κ2) is 6.35. The van der Waals surface area contributed by atoms with Crippen molar-refractivity contribution < 1.29 is 22.6 Å². The van der Waals surface area contributed by atoms with Gasteiger partial charge in [0.1, 0.15) is 11.5 Å². The first-order chi connectivity index (χ1) is 9.48. The number of nitrogens with one attached hydrogen (secondary N) is 1. The largest absolute Gasteiger partial charge is 0.497 e. The topological polar surface area (TPSA) is 30.5 Å². The number of alkyl halides is 3. The van der Waals surface area contributed by atoms with Crippen LogP contribution in [0.4, 0.5) is 13.2 Å². The van der Waals surface area contributed by atoms with Gasteiger partial charge in [-0.15, -0.1) is 0 Å². The molecule has 0 amide bonds. The van der Waals surface area contributed by atoms with E-state index < -0.39 is 12.8 Å². The maximum atomic E-state index is 12.2. The third kappa shape index (κ3) is 4.30. The average Bonchev–Trinajstić information content (AvgIpc) is 2.45. The SMILES string of the molecule is COc1cc(OCC(F)(F)F)cc(C2CCNCC2)c1. The van der Waals surface area contributed by atoms with Gasteiger partial charge in [0.25, 0.3) is 0 Å². The number of piperidine rings is 1. The summed E-state index contributed by atoms with van der Waals surface area (Å²) in [5.74, 6) is 1.06. The third-order valence-electron chi connectivity index (χ3n) is 3.35. The molecule has 0 atom stereocenters. The standard InChI is InChI=1S/C14H18F3NO2/c1-19-12-6-11(10-2-4-18-5-3-10)7-13(8-12)20-9-14(15,16)17/h6-8,10,18H,2-5,9H2,1H3. The van der Waals surface area contributed by atoms with Gasteiger partial charge in [-0.1, -0.05) is 0 Å². The lowest BCUT2D eigenvalue weighted by Crippen LogP contribution is -2.26. The summed E-state index contributed by atoms with van der Waals surface area (Å²) in [6, 6.07) is 5.04. The van der Waals surface area contributed by atoms with E-state index >= 15 is 0 Å². The molecule has 0 radical (unpaired) electrons. The minimum atomic E-state index is -4.34. The van der Waals surface area contributed by atoms with E-state index in [1.807, 2.05) is 6.07 Å². The van der Waals surface area contributed by atoms with Gasteiger partial charge < -0.3 is 14.8 Å². The van der Waals surface area contributed by atoms with Crippen molar-refractivity contribution in [2.75, 3.05) is 26.8 Å². The molecular weight excluding hydrogens is 271 g/mol. The molecule has 112 valence electrons. The van der Waals surface area contributed by atoms with Crippen LogP contribution in [0.1, 0.15) is 24.3 Å². The number of methoxy groups -OCH3 is 1. The Bertz CT molecular complexity index is 443. The van der Waals surface area contributed by atoms with Crippen LogP contribution in [0.3, 0.4) is 0 Å². The average molecular weight is 289 g/mol. The molecule has 1 aliphatic rings. The van der Waals surface area contributed by atoms with Gasteiger partial charge in [0.2, 0.25) is 0 Å². The van der Waals surface area contributed by atoms with Gasteiger partial charge in [-0.25, -0.2) is 0 Å². The van der Waals surface area contributed by atoms with E-state index in [0.29, 0.717) is 11.7 Å². The van der Waals surface area contributed by atoms with Gasteiger partial charge in [0.15, 0.2) is 6.61 Å². The summed E-state index contributed by atoms with van der Waals surface area (Å²) in [4.78, 5) is 0. The molecule has 1 heterocycles. The van der Waals surface area contributed by atoms with Crippen molar-refractivity contribution in [3.63, 3.8) is 0 Å². The van der Waals surface area contributed by atoms with Gasteiger partial charge in [-0.2, -0.15) is 13.2 Å². The molecule has 0 aliphatic carbocycles. The van der Waals surface area contributed by atoms with Crippen molar-refractivity contribution >= 4 is 0 Å². The lowest BCUT2D eigenvalue weighted by Gasteiger charge is -2.24. The van der Waals surface area contributed by atoms with E-state index in [4.69, 9.17) is 9.47 Å². The van der Waals surface area contributed by atoms with Crippen LogP contribution in [0.2, 0.25) is 0 Å². The molecule has 1 aliphatic heterocycles. The Morgan fingerprint density at radius 1 is 1.15 bits per heavy atom. The molecule has 2 rings (SSSR count). The normalized spacial score (nSPS) is 17.0. The molecule has 0 saturated carbocycles. The first-order valence-electron chi connectivity index (χ1n) is 6.57. The van der Waals surface area contributed by atoms with Crippen LogP contribution in [-0.2, 0) is 0 Å². The van der Waals surface area contributed by atoms with E-state index in [9.17, 15) is 13.2 Å². The molecule has 1 aromatic carbocycles. The molecule has 0 spiro atoms. The number of ether oxygens (including phenoxy) is 2. The molecule has 1 aromatic rings. The highest BCUT2D eigenvalue weighted by atomic mass is 19.4. The monoisotopic (exact) mass is 289 g/mol. The quantitative estimate of drug-likeness (QED) is 0.924. The number of hydrogen-bond acceptors (Lipinski definition) is 3. The number of rotatable bonds is 4. The Balaban J connectivity index is 2.15. The third-order valence-corrected chi connectivity index (χ3v) is 3.35. The van der Waals surface area contributed by atoms with Crippen LogP contribution < -0.4 is 14.8 Å². The highest BCUT2D eigenvalue weighted by Crippen LogP contribution is 2.32. The zero-order valence-corrected chi connectivity index (χ0v) is 11.3. The van der Waals surface area contributed by atoms with Crippen molar-refractivity contribution in [3.8, 4) is 11.5 Å². The van der Waals surface area contributed by atoms with Crippen LogP contribution in [0.25, 0.3) is 0 Å². The summed E-state index contributed by atoms with van der Waals surface area (Å²) >= 11 is 0. The number of halogens is 3. The fourth-order valence-electron chi connectivity index (χ4n) is 2.35. The van der Waals surface area contributed by atoms with E-state index in [1.54, 1.807) is 6.07 Å². The van der Waals surface area contributed by atoms with Crippen molar-refractivity contribution in [2.24, 2.45) is 0 Å². The summed E-state index contributed by atoms with van der Waals surface area (Å²) in [6.45, 7) is 0.549. The van der Waals surface area contributed by atoms with E-state index in [1.165, 1.54) is 13.2 Å². The van der Waals surface area contributed by atoms with Crippen molar-refractivity contribution in [1.82, 2.24) is 5.32 Å². The molecule has 3 nitrogen and oxygen atoms in total. The van der Waals surface area contributed by atoms with Crippen molar-refractivity contribution in [2.45, 2.75) is 24.9 Å². The molecule has 1 N–H and O–H groups in total. The number of hydrogen-bond donors (Lipinski definition) is 1. The maximum absolute atomic E-state index is 12.2. The van der Waals surface area contributed by atoms with E-state index in [-0.39, 0.29) is 5.75 Å². The first kappa shape index (κ1) is 15.0. The Labute approximate surface area is 116 Å². The van der Waals surface area contributed by atoms with E-state index in [2.05, 4.69) is 5.32 Å². The summed E-state index contributed by atoms with van der Waals surface area (Å²) in [5, 5.41) is 3.26. The van der Waals surface area contributed by atoms with Crippen LogP contribution >= 0.6 is 0 Å². The van der Waals surface area contributed by atoms with Gasteiger partial charge in [0, 0.05) is 6.07 Å². The molecule has 6 heteroatoms. The first-order valence-corrected chi connectivity index (χ1v) is 6.57. The van der Waals surface area contributed by atoms with Gasteiger partial charge in [-0.05, 0) is 49.5 Å². The highest BCUT2D eigenvalue weighted by Gasteiger charge is 2.28. The predicted octanol–water partition coefficient (Wildman–Crippen LogP) is 3.10. The van der Waals surface area contributed by atoms with Crippen LogP contribution in [-0.4, -0.2) is 33.0 Å². The summed E-state index contributed by atoms with van der Waals surface area (Å²) in [7, 11) is 1.50. The lowest BCUT2D eigenvalue weighted by atomic mass is 9.90. The maximum Gasteiger partial charge on any atom is 0.422 e. The number of benzene rings is 1. The fourth-order valence-corrected chi connectivity index (χ4v) is 2.35. The van der Waals surface area contributed by atoms with Crippen LogP contribution in [0.5, 0.6) is 11.5 Å². The Kier molecular flexibility index (Phi) is 4.75. The van der Waals surface area contributed by atoms with Gasteiger partial charge >= 0.3 is 6.18 Å². The fraction of sp³-hybridized carbons (Fsp3) is 0.571. The summed E-state index contributed by atoms with van der Waals surface area (Å²) in [5.41, 5.74) is 0.975. The Hall–Kier alpha value is -1.43. The smallest absolute Gasteiger partial charge is 0.422 e. The van der Waals surface area contributed by atoms with Crippen molar-refractivity contribution in [1.29, 1.82) is 0 Å². The summed E-state index contributed by atoms with van der Waals surface area (Å²) in [6.07, 6.45) is -2.41. The second-order valence-corrected chi connectivity index (χ2v) is 4.87. The minimum absolute atomic E-state index is 0.204. The predicted molar refractivity (Wildman–Crippen MR) is 69.4 cm³/mol. The van der Waals surface area contributed by atoms with Crippen LogP contribution in [0, 0.1) is 0 Å². The lowest BCUT2D eigenvalue weighted by molar-refractivity contribution is -0.153. The zero-order valence-electron chi connectivity index (χ0n) is 11.3. The molecule has 1 fully saturated rings. The zero-order chi connectivity index (χ0) is 14.6. The van der Waals surface area contributed by atoms with Gasteiger partial charge in [-0.3, -0.25) is 0 Å². The molecule has 0 aromatic heterocycles. The highest BCUT2D eigenvalue weighted by molar-refractivity contribution is 5.40. The van der Waals surface area contributed by atoms with Crippen LogP contribution in [0.15, 0.2) is 18.2 Å². The Morgan fingerprint density at radius 2 is 1.80 bits per heavy atom. The van der Waals surface area contributed by atoms with Crippen molar-refractivity contribution in [3.05, 3.63) is 23.8 Å². The molecule has 1 saturated heterocycles. The molecule has 0 unspecified atom stereocenters. The van der Waals surface area contributed by atoms with Gasteiger partial charge in [0.05, 0.1) is 7.11 Å². The second-order valence-electron chi connectivity index (χ2n) is 4.87. The molecule has 0 bridgehead atoms. The molecular formula is C14H18F3NO2. The minimum Gasteiger partial charge on any atom is -0.497 e.